The van der Waals surface area contributed by atoms with Gasteiger partial charge >= 0.3 is 0 Å². The molecule has 0 saturated carbocycles. The Hall–Kier alpha value is -0.930. The van der Waals surface area contributed by atoms with Crippen LogP contribution in [0.15, 0.2) is 24.3 Å². The first-order valence-corrected chi connectivity index (χ1v) is 5.02. The number of halogens is 1. The van der Waals surface area contributed by atoms with E-state index in [-0.39, 0.29) is 5.82 Å². The van der Waals surface area contributed by atoms with Gasteiger partial charge in [-0.05, 0) is 17.7 Å². The maximum Gasteiger partial charge on any atom is 0.123 e. The van der Waals surface area contributed by atoms with Gasteiger partial charge in [0.1, 0.15) is 5.82 Å². The topological polar surface area (TPSA) is 15.3 Å². The van der Waals surface area contributed by atoms with Crippen LogP contribution in [0.4, 0.5) is 4.39 Å². The maximum atomic E-state index is 12.9. The lowest BCUT2D eigenvalue weighted by Crippen LogP contribution is -2.42. The third-order valence-corrected chi connectivity index (χ3v) is 2.50. The molecule has 2 rings (SSSR count). The highest BCUT2D eigenvalue weighted by molar-refractivity contribution is 5.16. The van der Waals surface area contributed by atoms with Crippen molar-refractivity contribution >= 4 is 0 Å². The summed E-state index contributed by atoms with van der Waals surface area (Å²) in [6.45, 7) is 5.04. The molecule has 1 aromatic carbocycles. The highest BCUT2D eigenvalue weighted by Crippen LogP contribution is 2.07. The number of piperazine rings is 1. The monoisotopic (exact) mass is 194 g/mol. The fourth-order valence-electron chi connectivity index (χ4n) is 1.76. The second kappa shape index (κ2) is 4.53. The molecular weight excluding hydrogens is 179 g/mol. The Bertz CT molecular complexity index is 295. The Morgan fingerprint density at radius 1 is 1.29 bits per heavy atom. The van der Waals surface area contributed by atoms with Gasteiger partial charge in [-0.25, -0.2) is 4.39 Å². The molecule has 1 saturated heterocycles. The number of hydrogen-bond donors (Lipinski definition) is 1. The molecular formula is C11H15FN2. The van der Waals surface area contributed by atoms with Crippen LogP contribution in [0.1, 0.15) is 5.56 Å². The Morgan fingerprint density at radius 3 is 2.79 bits per heavy atom. The lowest BCUT2D eigenvalue weighted by Gasteiger charge is -2.27. The molecule has 2 nitrogen and oxygen atoms in total. The second-order valence-corrected chi connectivity index (χ2v) is 3.66. The summed E-state index contributed by atoms with van der Waals surface area (Å²) < 4.78 is 12.9. The van der Waals surface area contributed by atoms with Gasteiger partial charge in [-0.3, -0.25) is 4.90 Å². The first-order valence-electron chi connectivity index (χ1n) is 5.02. The van der Waals surface area contributed by atoms with Gasteiger partial charge in [0.25, 0.3) is 0 Å². The van der Waals surface area contributed by atoms with Gasteiger partial charge in [0.05, 0.1) is 0 Å². The van der Waals surface area contributed by atoms with Crippen molar-refractivity contribution in [2.45, 2.75) is 6.54 Å². The highest BCUT2D eigenvalue weighted by Gasteiger charge is 2.09. The van der Waals surface area contributed by atoms with E-state index >= 15 is 0 Å². The molecule has 1 aliphatic heterocycles. The second-order valence-electron chi connectivity index (χ2n) is 3.66. The molecule has 1 aromatic rings. The summed E-state index contributed by atoms with van der Waals surface area (Å²) in [5, 5.41) is 3.30. The molecule has 0 unspecified atom stereocenters. The van der Waals surface area contributed by atoms with Gasteiger partial charge in [0, 0.05) is 32.7 Å². The Labute approximate surface area is 83.7 Å². The highest BCUT2D eigenvalue weighted by atomic mass is 19.1. The van der Waals surface area contributed by atoms with E-state index in [9.17, 15) is 4.39 Å². The molecule has 1 N–H and O–H groups in total. The molecule has 1 aliphatic rings. The number of rotatable bonds is 2. The van der Waals surface area contributed by atoms with E-state index in [1.807, 2.05) is 6.07 Å². The smallest absolute Gasteiger partial charge is 0.123 e. The molecule has 0 spiro atoms. The minimum Gasteiger partial charge on any atom is -0.314 e. The van der Waals surface area contributed by atoms with Crippen molar-refractivity contribution in [1.82, 2.24) is 10.2 Å². The van der Waals surface area contributed by atoms with Gasteiger partial charge in [-0.2, -0.15) is 0 Å². The van der Waals surface area contributed by atoms with Gasteiger partial charge in [-0.1, -0.05) is 12.1 Å². The first-order chi connectivity index (χ1) is 6.84. The third-order valence-electron chi connectivity index (χ3n) is 2.50. The average Bonchev–Trinajstić information content (AvgIpc) is 2.19. The van der Waals surface area contributed by atoms with E-state index in [0.29, 0.717) is 0 Å². The lowest BCUT2D eigenvalue weighted by atomic mass is 10.2. The molecule has 0 amide bonds. The Morgan fingerprint density at radius 2 is 2.07 bits per heavy atom. The van der Waals surface area contributed by atoms with Crippen LogP contribution in [0.3, 0.4) is 0 Å². The predicted molar refractivity (Wildman–Crippen MR) is 54.5 cm³/mol. The molecule has 0 aliphatic carbocycles. The van der Waals surface area contributed by atoms with Crippen LogP contribution < -0.4 is 5.32 Å². The van der Waals surface area contributed by atoms with E-state index in [4.69, 9.17) is 0 Å². The zero-order valence-corrected chi connectivity index (χ0v) is 8.17. The van der Waals surface area contributed by atoms with E-state index in [1.165, 1.54) is 6.07 Å². The average molecular weight is 194 g/mol. The van der Waals surface area contributed by atoms with Crippen molar-refractivity contribution in [1.29, 1.82) is 0 Å². The third kappa shape index (κ3) is 2.53. The van der Waals surface area contributed by atoms with Gasteiger partial charge in [0.15, 0.2) is 0 Å². The quantitative estimate of drug-likeness (QED) is 0.761. The van der Waals surface area contributed by atoms with Crippen molar-refractivity contribution in [3.8, 4) is 0 Å². The summed E-state index contributed by atoms with van der Waals surface area (Å²) in [6, 6.07) is 6.85. The predicted octanol–water partition coefficient (Wildman–Crippen LogP) is 1.23. The molecule has 0 aromatic heterocycles. The summed E-state index contributed by atoms with van der Waals surface area (Å²) in [4.78, 5) is 2.34. The van der Waals surface area contributed by atoms with Crippen molar-refractivity contribution in [3.05, 3.63) is 35.6 Å². The fraction of sp³-hybridized carbons (Fsp3) is 0.455. The number of nitrogens with one attached hydrogen (secondary N) is 1. The van der Waals surface area contributed by atoms with E-state index < -0.39 is 0 Å². The summed E-state index contributed by atoms with van der Waals surface area (Å²) in [5.41, 5.74) is 1.06. The molecule has 3 heteroatoms. The van der Waals surface area contributed by atoms with Crippen molar-refractivity contribution < 1.29 is 4.39 Å². The van der Waals surface area contributed by atoms with Crippen LogP contribution in [-0.4, -0.2) is 31.1 Å². The standard InChI is InChI=1S/C11H15FN2/c12-11-3-1-2-10(8-11)9-14-6-4-13-5-7-14/h1-3,8,13H,4-7,9H2. The van der Waals surface area contributed by atoms with Crippen LogP contribution in [-0.2, 0) is 6.54 Å². The number of hydrogen-bond acceptors (Lipinski definition) is 2. The van der Waals surface area contributed by atoms with Crippen LogP contribution in [0.2, 0.25) is 0 Å². The SMILES string of the molecule is Fc1cccc(CN2CCNCC2)c1. The summed E-state index contributed by atoms with van der Waals surface area (Å²) in [5.74, 6) is -0.141. The number of nitrogens with zero attached hydrogens (tertiary/aromatic N) is 1. The summed E-state index contributed by atoms with van der Waals surface area (Å²) >= 11 is 0. The molecule has 0 bridgehead atoms. The Kier molecular flexibility index (Phi) is 3.11. The maximum absolute atomic E-state index is 12.9. The summed E-state index contributed by atoms with van der Waals surface area (Å²) in [6.07, 6.45) is 0. The minimum absolute atomic E-state index is 0.141. The van der Waals surface area contributed by atoms with Gasteiger partial charge < -0.3 is 5.32 Å². The molecule has 0 atom stereocenters. The van der Waals surface area contributed by atoms with Crippen molar-refractivity contribution in [3.63, 3.8) is 0 Å². The zero-order chi connectivity index (χ0) is 9.80. The van der Waals surface area contributed by atoms with E-state index in [2.05, 4.69) is 10.2 Å². The summed E-state index contributed by atoms with van der Waals surface area (Å²) in [7, 11) is 0. The van der Waals surface area contributed by atoms with Crippen molar-refractivity contribution in [2.75, 3.05) is 26.2 Å². The van der Waals surface area contributed by atoms with Crippen LogP contribution >= 0.6 is 0 Å². The van der Waals surface area contributed by atoms with Gasteiger partial charge in [-0.15, -0.1) is 0 Å². The lowest BCUT2D eigenvalue weighted by molar-refractivity contribution is 0.233. The molecule has 14 heavy (non-hydrogen) atoms. The van der Waals surface area contributed by atoms with Crippen LogP contribution in [0.5, 0.6) is 0 Å². The van der Waals surface area contributed by atoms with Crippen LogP contribution in [0, 0.1) is 5.82 Å². The van der Waals surface area contributed by atoms with Gasteiger partial charge in [0.2, 0.25) is 0 Å². The molecule has 1 heterocycles. The zero-order valence-electron chi connectivity index (χ0n) is 8.17. The normalized spacial score (nSPS) is 18.4. The first kappa shape index (κ1) is 9.62. The van der Waals surface area contributed by atoms with E-state index in [1.54, 1.807) is 12.1 Å². The molecule has 76 valence electrons. The van der Waals surface area contributed by atoms with Crippen LogP contribution in [0.25, 0.3) is 0 Å². The molecule has 0 radical (unpaired) electrons. The molecule has 1 fully saturated rings. The van der Waals surface area contributed by atoms with E-state index in [0.717, 1.165) is 38.3 Å². The largest absolute Gasteiger partial charge is 0.314 e. The number of benzene rings is 1. The Balaban J connectivity index is 1.95. The van der Waals surface area contributed by atoms with Crippen molar-refractivity contribution in [2.24, 2.45) is 0 Å². The minimum atomic E-state index is -0.141. The fourth-order valence-corrected chi connectivity index (χ4v) is 1.76.